The van der Waals surface area contributed by atoms with Crippen molar-refractivity contribution in [3.8, 4) is 5.75 Å². The maximum Gasteiger partial charge on any atom is 0.188 e. The highest BCUT2D eigenvalue weighted by Crippen LogP contribution is 2.32. The van der Waals surface area contributed by atoms with Crippen LogP contribution >= 0.6 is 15.9 Å². The number of hydrogen-bond donors (Lipinski definition) is 0. The topological polar surface area (TPSA) is 46.2 Å². The van der Waals surface area contributed by atoms with Gasteiger partial charge in [-0.1, -0.05) is 13.0 Å². The number of aryl methyl sites for hydroxylation is 1. The maximum absolute atomic E-state index is 5.80. The number of hydrogen-bond acceptors (Lipinski definition) is 5. The predicted molar refractivity (Wildman–Crippen MR) is 95.5 cm³/mol. The largest absolute Gasteiger partial charge is 0.466 e. The highest BCUT2D eigenvalue weighted by molar-refractivity contribution is 9.10. The lowest BCUT2D eigenvalue weighted by atomic mass is 10.0. The van der Waals surface area contributed by atoms with Crippen LogP contribution < -0.4 is 4.74 Å². The van der Waals surface area contributed by atoms with Crippen molar-refractivity contribution in [2.75, 3.05) is 33.7 Å². The lowest BCUT2D eigenvalue weighted by Gasteiger charge is -2.17. The monoisotopic (exact) mass is 402 g/mol. The van der Waals surface area contributed by atoms with Crippen molar-refractivity contribution in [2.45, 2.75) is 45.5 Å². The third-order valence-corrected chi connectivity index (χ3v) is 4.75. The molecule has 1 aromatic rings. The molecular weight excluding hydrogens is 376 g/mol. The summed E-state index contributed by atoms with van der Waals surface area (Å²) in [5, 5.41) is 0. The lowest BCUT2D eigenvalue weighted by molar-refractivity contribution is -0.144. The van der Waals surface area contributed by atoms with Gasteiger partial charge in [-0.15, -0.1) is 0 Å². The molecule has 1 aromatic carbocycles. The van der Waals surface area contributed by atoms with Crippen LogP contribution in [0.4, 0.5) is 0 Å². The van der Waals surface area contributed by atoms with Gasteiger partial charge in [-0.2, -0.15) is 0 Å². The second kappa shape index (κ2) is 9.15. The molecule has 0 saturated carbocycles. The van der Waals surface area contributed by atoms with Gasteiger partial charge in [-0.05, 0) is 59.8 Å². The zero-order valence-corrected chi connectivity index (χ0v) is 16.5. The van der Waals surface area contributed by atoms with E-state index >= 15 is 0 Å². The minimum absolute atomic E-state index is 0.00505. The average molecular weight is 403 g/mol. The van der Waals surface area contributed by atoms with E-state index in [1.54, 1.807) is 7.11 Å². The molecule has 1 saturated heterocycles. The standard InChI is InChI=1S/C18H27BrO5/c1-5-13-6-7-16(22-12-20-4)17(19)15(13)8-9-21-10-14-11-23-18(2,3)24-14/h6-7,14H,5,8-12H2,1-4H3. The van der Waals surface area contributed by atoms with Crippen molar-refractivity contribution in [3.63, 3.8) is 0 Å². The van der Waals surface area contributed by atoms with Crippen LogP contribution in [0, 0.1) is 0 Å². The summed E-state index contributed by atoms with van der Waals surface area (Å²) in [6, 6.07) is 4.07. The van der Waals surface area contributed by atoms with E-state index in [2.05, 4.69) is 28.9 Å². The molecule has 1 aliphatic heterocycles. The summed E-state index contributed by atoms with van der Waals surface area (Å²) < 4.78 is 28.6. The first kappa shape index (κ1) is 19.7. The zero-order chi connectivity index (χ0) is 17.6. The molecule has 5 nitrogen and oxygen atoms in total. The molecule has 2 rings (SSSR count). The van der Waals surface area contributed by atoms with Crippen molar-refractivity contribution in [3.05, 3.63) is 27.7 Å². The van der Waals surface area contributed by atoms with Crippen LogP contribution in [0.3, 0.4) is 0 Å². The van der Waals surface area contributed by atoms with E-state index in [1.165, 1.54) is 11.1 Å². The first-order chi connectivity index (χ1) is 11.5. The minimum Gasteiger partial charge on any atom is -0.466 e. The Bertz CT molecular complexity index is 532. The number of rotatable bonds is 9. The van der Waals surface area contributed by atoms with Crippen molar-refractivity contribution in [1.29, 1.82) is 0 Å². The molecule has 1 fully saturated rings. The lowest BCUT2D eigenvalue weighted by Crippen LogP contribution is -2.24. The normalized spacial score (nSPS) is 19.6. The Morgan fingerprint density at radius 1 is 1.33 bits per heavy atom. The van der Waals surface area contributed by atoms with Crippen LogP contribution in [0.1, 0.15) is 31.9 Å². The Morgan fingerprint density at radius 2 is 2.12 bits per heavy atom. The van der Waals surface area contributed by atoms with Crippen molar-refractivity contribution < 1.29 is 23.7 Å². The highest BCUT2D eigenvalue weighted by atomic mass is 79.9. The Hall–Kier alpha value is -0.660. The first-order valence-electron chi connectivity index (χ1n) is 8.28. The molecule has 1 heterocycles. The summed E-state index contributed by atoms with van der Waals surface area (Å²) in [7, 11) is 1.61. The van der Waals surface area contributed by atoms with Gasteiger partial charge in [-0.25, -0.2) is 0 Å². The number of methoxy groups -OCH3 is 1. The SMILES string of the molecule is CCc1ccc(OCOC)c(Br)c1CCOCC1COC(C)(C)O1. The first-order valence-corrected chi connectivity index (χ1v) is 9.07. The van der Waals surface area contributed by atoms with E-state index in [1.807, 2.05) is 19.9 Å². The van der Waals surface area contributed by atoms with Gasteiger partial charge < -0.3 is 23.7 Å². The molecule has 0 N–H and O–H groups in total. The molecule has 0 aromatic heterocycles. The van der Waals surface area contributed by atoms with Gasteiger partial charge in [0.15, 0.2) is 12.6 Å². The van der Waals surface area contributed by atoms with E-state index < -0.39 is 5.79 Å². The van der Waals surface area contributed by atoms with Gasteiger partial charge >= 0.3 is 0 Å². The zero-order valence-electron chi connectivity index (χ0n) is 14.9. The third-order valence-electron chi connectivity index (χ3n) is 3.89. The van der Waals surface area contributed by atoms with Crippen LogP contribution in [0.2, 0.25) is 0 Å². The summed E-state index contributed by atoms with van der Waals surface area (Å²) in [4.78, 5) is 0. The minimum atomic E-state index is -0.501. The Morgan fingerprint density at radius 3 is 2.75 bits per heavy atom. The van der Waals surface area contributed by atoms with E-state index in [-0.39, 0.29) is 12.9 Å². The number of ether oxygens (including phenoxy) is 5. The molecule has 0 radical (unpaired) electrons. The van der Waals surface area contributed by atoms with Crippen LogP contribution in [0.15, 0.2) is 16.6 Å². The molecule has 24 heavy (non-hydrogen) atoms. The van der Waals surface area contributed by atoms with Crippen LogP contribution in [-0.2, 0) is 31.8 Å². The Labute approximate surface area is 152 Å². The summed E-state index contributed by atoms with van der Waals surface area (Å²) in [5.41, 5.74) is 2.51. The number of benzene rings is 1. The highest BCUT2D eigenvalue weighted by Gasteiger charge is 2.32. The summed E-state index contributed by atoms with van der Waals surface area (Å²) in [6.07, 6.45) is 1.78. The molecule has 0 aliphatic carbocycles. The third kappa shape index (κ3) is 5.43. The number of halogens is 1. The molecule has 1 atom stereocenters. The molecule has 1 aliphatic rings. The van der Waals surface area contributed by atoms with Crippen LogP contribution in [-0.4, -0.2) is 45.6 Å². The molecule has 136 valence electrons. The smallest absolute Gasteiger partial charge is 0.188 e. The van der Waals surface area contributed by atoms with Crippen LogP contribution in [0.5, 0.6) is 5.75 Å². The summed E-state index contributed by atoms with van der Waals surface area (Å²) in [6.45, 7) is 7.97. The Kier molecular flexibility index (Phi) is 7.50. The van der Waals surface area contributed by atoms with Crippen molar-refractivity contribution in [1.82, 2.24) is 0 Å². The van der Waals surface area contributed by atoms with Gasteiger partial charge in [0.1, 0.15) is 11.9 Å². The van der Waals surface area contributed by atoms with Gasteiger partial charge in [0, 0.05) is 7.11 Å². The fourth-order valence-corrected chi connectivity index (χ4v) is 3.41. The molecule has 0 bridgehead atoms. The van der Waals surface area contributed by atoms with Crippen molar-refractivity contribution >= 4 is 15.9 Å². The summed E-state index contributed by atoms with van der Waals surface area (Å²) >= 11 is 3.66. The fourth-order valence-electron chi connectivity index (χ4n) is 2.71. The van der Waals surface area contributed by atoms with E-state index in [4.69, 9.17) is 23.7 Å². The van der Waals surface area contributed by atoms with Crippen molar-refractivity contribution in [2.24, 2.45) is 0 Å². The maximum atomic E-state index is 5.80. The van der Waals surface area contributed by atoms with Gasteiger partial charge in [-0.3, -0.25) is 0 Å². The van der Waals surface area contributed by atoms with Crippen LogP contribution in [0.25, 0.3) is 0 Å². The fraction of sp³-hybridized carbons (Fsp3) is 0.667. The molecule has 0 amide bonds. The predicted octanol–water partition coefficient (Wildman–Crippen LogP) is 3.70. The Balaban J connectivity index is 1.88. The quantitative estimate of drug-likeness (QED) is 0.465. The molecule has 6 heteroatoms. The molecule has 0 spiro atoms. The van der Waals surface area contributed by atoms with Gasteiger partial charge in [0.2, 0.25) is 0 Å². The molecule has 1 unspecified atom stereocenters. The van der Waals surface area contributed by atoms with E-state index in [0.717, 1.165) is 23.1 Å². The molecular formula is C18H27BrO5. The van der Waals surface area contributed by atoms with Gasteiger partial charge in [0.25, 0.3) is 0 Å². The van der Waals surface area contributed by atoms with E-state index in [9.17, 15) is 0 Å². The van der Waals surface area contributed by atoms with Gasteiger partial charge in [0.05, 0.1) is 24.3 Å². The second-order valence-corrected chi connectivity index (χ2v) is 6.99. The average Bonchev–Trinajstić information content (AvgIpc) is 2.90. The van der Waals surface area contributed by atoms with E-state index in [0.29, 0.717) is 19.8 Å². The summed E-state index contributed by atoms with van der Waals surface area (Å²) in [5.74, 6) is 0.290. The second-order valence-electron chi connectivity index (χ2n) is 6.20.